The van der Waals surface area contributed by atoms with Crippen molar-refractivity contribution in [2.24, 2.45) is 0 Å². The molecule has 0 saturated heterocycles. The summed E-state index contributed by atoms with van der Waals surface area (Å²) in [4.78, 5) is 2.59. The number of thiophene rings is 1. The van der Waals surface area contributed by atoms with E-state index in [9.17, 15) is 0 Å². The average Bonchev–Trinajstić information content (AvgIpc) is 2.95. The van der Waals surface area contributed by atoms with Gasteiger partial charge in [0.15, 0.2) is 0 Å². The molecule has 0 aliphatic rings. The summed E-state index contributed by atoms with van der Waals surface area (Å²) in [7, 11) is 0. The molecular formula is C11H14BrN3S2. The third-order valence-electron chi connectivity index (χ3n) is 2.39. The van der Waals surface area contributed by atoms with Crippen LogP contribution in [0.1, 0.15) is 29.1 Å². The summed E-state index contributed by atoms with van der Waals surface area (Å²) in [6.45, 7) is 3.20. The van der Waals surface area contributed by atoms with Crippen molar-refractivity contribution in [2.75, 3.05) is 6.54 Å². The molecule has 0 saturated carbocycles. The van der Waals surface area contributed by atoms with Crippen molar-refractivity contribution >= 4 is 38.8 Å². The Labute approximate surface area is 118 Å². The Morgan fingerprint density at radius 2 is 2.41 bits per heavy atom. The Morgan fingerprint density at radius 3 is 3.00 bits per heavy atom. The molecule has 1 unspecified atom stereocenters. The van der Waals surface area contributed by atoms with Crippen molar-refractivity contribution in [2.45, 2.75) is 25.8 Å². The summed E-state index contributed by atoms with van der Waals surface area (Å²) in [5, 5.41) is 9.59. The minimum Gasteiger partial charge on any atom is -0.309 e. The third kappa shape index (κ3) is 3.84. The fraction of sp³-hybridized carbons (Fsp3) is 0.455. The lowest BCUT2D eigenvalue weighted by Crippen LogP contribution is -2.23. The Hall–Kier alpha value is -0.300. The molecule has 17 heavy (non-hydrogen) atoms. The summed E-state index contributed by atoms with van der Waals surface area (Å²) in [6, 6.07) is 2.51. The maximum Gasteiger partial charge on any atom is 0.0669 e. The molecule has 0 aliphatic heterocycles. The first-order valence-corrected chi connectivity index (χ1v) is 7.97. The molecule has 3 nitrogen and oxygen atoms in total. The monoisotopic (exact) mass is 331 g/mol. The second-order valence-electron chi connectivity index (χ2n) is 3.76. The zero-order chi connectivity index (χ0) is 12.1. The largest absolute Gasteiger partial charge is 0.309 e. The van der Waals surface area contributed by atoms with Gasteiger partial charge in [-0.2, -0.15) is 0 Å². The van der Waals surface area contributed by atoms with E-state index >= 15 is 0 Å². The molecular weight excluding hydrogens is 318 g/mol. The van der Waals surface area contributed by atoms with Crippen LogP contribution >= 0.6 is 38.8 Å². The van der Waals surface area contributed by atoms with Gasteiger partial charge in [0.05, 0.1) is 11.1 Å². The maximum absolute atomic E-state index is 3.94. The van der Waals surface area contributed by atoms with Crippen molar-refractivity contribution in [3.8, 4) is 0 Å². The molecule has 6 heteroatoms. The van der Waals surface area contributed by atoms with Gasteiger partial charge in [0.1, 0.15) is 0 Å². The van der Waals surface area contributed by atoms with Crippen molar-refractivity contribution in [1.82, 2.24) is 14.9 Å². The van der Waals surface area contributed by atoms with E-state index in [1.165, 1.54) is 21.3 Å². The highest BCUT2D eigenvalue weighted by molar-refractivity contribution is 9.10. The summed E-state index contributed by atoms with van der Waals surface area (Å²) < 4.78 is 5.11. The zero-order valence-corrected chi connectivity index (χ0v) is 12.7. The van der Waals surface area contributed by atoms with E-state index in [1.54, 1.807) is 11.3 Å². The molecule has 0 spiro atoms. The van der Waals surface area contributed by atoms with Gasteiger partial charge in [-0.25, -0.2) is 0 Å². The molecule has 0 fully saturated rings. The molecule has 2 aromatic heterocycles. The first kappa shape index (κ1) is 13.1. The van der Waals surface area contributed by atoms with E-state index in [0.29, 0.717) is 6.04 Å². The van der Waals surface area contributed by atoms with Crippen LogP contribution in [0.15, 0.2) is 22.1 Å². The molecule has 2 aromatic rings. The second-order valence-corrected chi connectivity index (χ2v) is 6.49. The number of halogens is 1. The van der Waals surface area contributed by atoms with Crippen LogP contribution in [0, 0.1) is 0 Å². The molecule has 2 heterocycles. The lowest BCUT2D eigenvalue weighted by Gasteiger charge is -2.15. The van der Waals surface area contributed by atoms with E-state index in [2.05, 4.69) is 49.2 Å². The number of aromatic nitrogens is 2. The van der Waals surface area contributed by atoms with Gasteiger partial charge < -0.3 is 5.32 Å². The molecule has 0 aliphatic carbocycles. The van der Waals surface area contributed by atoms with Crippen molar-refractivity contribution in [3.63, 3.8) is 0 Å². The smallest absolute Gasteiger partial charge is 0.0669 e. The van der Waals surface area contributed by atoms with Crippen LogP contribution in [-0.2, 0) is 6.42 Å². The molecule has 0 bridgehead atoms. The highest BCUT2D eigenvalue weighted by Gasteiger charge is 2.14. The zero-order valence-electron chi connectivity index (χ0n) is 9.52. The van der Waals surface area contributed by atoms with E-state index < -0.39 is 0 Å². The van der Waals surface area contributed by atoms with Crippen LogP contribution < -0.4 is 5.32 Å². The quantitative estimate of drug-likeness (QED) is 0.877. The summed E-state index contributed by atoms with van der Waals surface area (Å²) in [5.41, 5.74) is 0. The molecule has 0 radical (unpaired) electrons. The Bertz CT molecular complexity index is 441. The van der Waals surface area contributed by atoms with Crippen molar-refractivity contribution in [1.29, 1.82) is 0 Å². The van der Waals surface area contributed by atoms with Gasteiger partial charge in [0.2, 0.25) is 0 Å². The predicted molar refractivity (Wildman–Crippen MR) is 76.7 cm³/mol. The summed E-state index contributed by atoms with van der Waals surface area (Å²) in [6.07, 6.45) is 4.00. The highest BCUT2D eigenvalue weighted by Crippen LogP contribution is 2.26. The van der Waals surface area contributed by atoms with Gasteiger partial charge in [-0.15, -0.1) is 16.4 Å². The first-order valence-electron chi connectivity index (χ1n) is 5.53. The molecule has 0 amide bonds. The third-order valence-corrected chi connectivity index (χ3v) is 4.89. The van der Waals surface area contributed by atoms with Gasteiger partial charge in [-0.1, -0.05) is 11.4 Å². The molecule has 1 N–H and O–H groups in total. The summed E-state index contributed by atoms with van der Waals surface area (Å²) in [5.74, 6) is 0. The van der Waals surface area contributed by atoms with Crippen LogP contribution in [0.2, 0.25) is 0 Å². The number of nitrogens with zero attached hydrogens (tertiary/aromatic N) is 2. The van der Waals surface area contributed by atoms with Crippen molar-refractivity contribution < 1.29 is 0 Å². The van der Waals surface area contributed by atoms with Gasteiger partial charge in [0.25, 0.3) is 0 Å². The van der Waals surface area contributed by atoms with Crippen LogP contribution in [0.5, 0.6) is 0 Å². The fourth-order valence-electron chi connectivity index (χ4n) is 1.58. The lowest BCUT2D eigenvalue weighted by molar-refractivity contribution is 0.539. The minimum absolute atomic E-state index is 0.334. The Kier molecular flexibility index (Phi) is 5.09. The van der Waals surface area contributed by atoms with Crippen molar-refractivity contribution in [3.05, 3.63) is 31.9 Å². The SMILES string of the molecule is CCCNC(Cc1cc(Br)cs1)c1cnns1. The number of hydrogen-bond acceptors (Lipinski definition) is 5. The predicted octanol–water partition coefficient (Wildman–Crippen LogP) is 3.65. The molecule has 92 valence electrons. The van der Waals surface area contributed by atoms with Crippen LogP contribution in [0.3, 0.4) is 0 Å². The lowest BCUT2D eigenvalue weighted by atomic mass is 10.1. The maximum atomic E-state index is 3.94. The van der Waals surface area contributed by atoms with Crippen LogP contribution in [0.4, 0.5) is 0 Å². The standard InChI is InChI=1S/C11H14BrN3S2/c1-2-3-13-10(11-6-14-15-17-11)5-9-4-8(12)7-16-9/h4,6-7,10,13H,2-3,5H2,1H3. The first-order chi connectivity index (χ1) is 8.29. The van der Waals surface area contributed by atoms with E-state index in [0.717, 1.165) is 23.9 Å². The van der Waals surface area contributed by atoms with Gasteiger partial charge in [-0.3, -0.25) is 0 Å². The van der Waals surface area contributed by atoms with E-state index in [4.69, 9.17) is 0 Å². The number of rotatable bonds is 6. The number of nitrogens with one attached hydrogen (secondary N) is 1. The average molecular weight is 332 g/mol. The highest BCUT2D eigenvalue weighted by atomic mass is 79.9. The Balaban J connectivity index is 2.05. The van der Waals surface area contributed by atoms with Gasteiger partial charge in [-0.05, 0) is 46.5 Å². The molecule has 0 aromatic carbocycles. The van der Waals surface area contributed by atoms with Crippen LogP contribution in [-0.4, -0.2) is 16.1 Å². The minimum atomic E-state index is 0.334. The van der Waals surface area contributed by atoms with Gasteiger partial charge in [0, 0.05) is 27.2 Å². The Morgan fingerprint density at radius 1 is 1.53 bits per heavy atom. The number of hydrogen-bond donors (Lipinski definition) is 1. The van der Waals surface area contributed by atoms with E-state index in [-0.39, 0.29) is 0 Å². The topological polar surface area (TPSA) is 37.8 Å². The molecule has 2 rings (SSSR count). The normalized spacial score (nSPS) is 12.8. The van der Waals surface area contributed by atoms with E-state index in [1.807, 2.05) is 6.20 Å². The second kappa shape index (κ2) is 6.58. The summed E-state index contributed by atoms with van der Waals surface area (Å²) >= 11 is 6.75. The van der Waals surface area contributed by atoms with Gasteiger partial charge >= 0.3 is 0 Å². The molecule has 1 atom stereocenters. The van der Waals surface area contributed by atoms with Crippen LogP contribution in [0.25, 0.3) is 0 Å². The fourth-order valence-corrected chi connectivity index (χ4v) is 3.66.